The van der Waals surface area contributed by atoms with Crippen molar-refractivity contribution >= 4 is 11.6 Å². The van der Waals surface area contributed by atoms with Gasteiger partial charge in [-0.05, 0) is 6.42 Å². The summed E-state index contributed by atoms with van der Waals surface area (Å²) in [7, 11) is 0. The lowest BCUT2D eigenvalue weighted by Crippen LogP contribution is -1.65. The van der Waals surface area contributed by atoms with Crippen molar-refractivity contribution in [1.29, 1.82) is 0 Å². The molecule has 2 N–H and O–H groups in total. The lowest BCUT2D eigenvalue weighted by molar-refractivity contribution is 0.824. The van der Waals surface area contributed by atoms with Crippen molar-refractivity contribution in [1.82, 2.24) is 0 Å². The zero-order chi connectivity index (χ0) is 8.36. The maximum Gasteiger partial charge on any atom is 0.0223 e. The molecule has 0 heterocycles. The van der Waals surface area contributed by atoms with E-state index < -0.39 is 0 Å². The summed E-state index contributed by atoms with van der Waals surface area (Å²) in [6, 6.07) is 12.0. The Balaban J connectivity index is 0. The minimum absolute atomic E-state index is 0. The van der Waals surface area contributed by atoms with Gasteiger partial charge >= 0.3 is 0 Å². The average molecular weight is 189 g/mol. The molecule has 0 atom stereocenters. The van der Waals surface area contributed by atoms with Crippen molar-refractivity contribution in [3.8, 4) is 0 Å². The minimum atomic E-state index is 0. The topological polar surface area (TPSA) is 31.5 Å². The summed E-state index contributed by atoms with van der Waals surface area (Å²) in [5, 5.41) is 0. The molecule has 0 radical (unpaired) electrons. The number of halogens is 1. The number of unbranched alkanes of at least 4 members (excludes halogenated alkanes) is 1. The van der Waals surface area contributed by atoms with Gasteiger partial charge in [-0.2, -0.15) is 0 Å². The van der Waals surface area contributed by atoms with Gasteiger partial charge in [-0.1, -0.05) is 49.7 Å². The van der Waals surface area contributed by atoms with E-state index in [9.17, 15) is 0 Å². The minimum Gasteiger partial charge on any atom is -0.412 e. The van der Waals surface area contributed by atoms with Crippen molar-refractivity contribution in [3.63, 3.8) is 0 Å². The fourth-order valence-corrected chi connectivity index (χ4v) is 0.786. The van der Waals surface area contributed by atoms with Gasteiger partial charge in [0, 0.05) is 5.88 Å². The van der Waals surface area contributed by atoms with Crippen molar-refractivity contribution in [2.45, 2.75) is 19.8 Å². The van der Waals surface area contributed by atoms with Gasteiger partial charge in [0.05, 0.1) is 0 Å². The maximum atomic E-state index is 5.30. The SMILES string of the molecule is CCCCCl.O.c1ccccc1. The van der Waals surface area contributed by atoms with E-state index in [0.717, 1.165) is 12.3 Å². The third-order valence-corrected chi connectivity index (χ3v) is 1.42. The van der Waals surface area contributed by atoms with Crippen LogP contribution in [0.5, 0.6) is 0 Å². The summed E-state index contributed by atoms with van der Waals surface area (Å²) in [5.41, 5.74) is 0. The highest BCUT2D eigenvalue weighted by atomic mass is 35.5. The lowest BCUT2D eigenvalue weighted by atomic mass is 10.4. The van der Waals surface area contributed by atoms with Crippen LogP contribution in [0.1, 0.15) is 19.8 Å². The van der Waals surface area contributed by atoms with Crippen molar-refractivity contribution in [2.75, 3.05) is 5.88 Å². The van der Waals surface area contributed by atoms with E-state index in [-0.39, 0.29) is 5.48 Å². The summed E-state index contributed by atoms with van der Waals surface area (Å²) < 4.78 is 0. The predicted molar refractivity (Wildman–Crippen MR) is 55.7 cm³/mol. The molecule has 1 nitrogen and oxygen atoms in total. The Morgan fingerprint density at radius 3 is 1.33 bits per heavy atom. The monoisotopic (exact) mass is 188 g/mol. The molecule has 0 spiro atoms. The van der Waals surface area contributed by atoms with Crippen LogP contribution in [0.2, 0.25) is 0 Å². The molecular weight excluding hydrogens is 172 g/mol. The summed E-state index contributed by atoms with van der Waals surface area (Å²) in [6.07, 6.45) is 2.37. The molecule has 0 aliphatic heterocycles. The van der Waals surface area contributed by atoms with Gasteiger partial charge in [0.2, 0.25) is 0 Å². The third kappa shape index (κ3) is 12.2. The molecule has 1 aromatic carbocycles. The van der Waals surface area contributed by atoms with E-state index in [1.54, 1.807) is 0 Å². The van der Waals surface area contributed by atoms with Crippen molar-refractivity contribution in [3.05, 3.63) is 36.4 Å². The summed E-state index contributed by atoms with van der Waals surface area (Å²) in [5.74, 6) is 0.816. The molecule has 0 saturated heterocycles. The number of hydrogen-bond acceptors (Lipinski definition) is 0. The van der Waals surface area contributed by atoms with E-state index >= 15 is 0 Å². The molecule has 2 heteroatoms. The molecule has 0 aliphatic rings. The number of rotatable bonds is 2. The highest BCUT2D eigenvalue weighted by molar-refractivity contribution is 6.17. The molecule has 0 amide bonds. The quantitative estimate of drug-likeness (QED) is 0.640. The first-order valence-corrected chi connectivity index (χ1v) is 4.51. The predicted octanol–water partition coefficient (Wildman–Crippen LogP) is 2.89. The van der Waals surface area contributed by atoms with Gasteiger partial charge in [-0.3, -0.25) is 0 Å². The fraction of sp³-hybridized carbons (Fsp3) is 0.400. The van der Waals surface area contributed by atoms with Crippen molar-refractivity contribution < 1.29 is 5.48 Å². The Morgan fingerprint density at radius 2 is 1.25 bits per heavy atom. The van der Waals surface area contributed by atoms with Crippen LogP contribution in [0, 0.1) is 0 Å². The van der Waals surface area contributed by atoms with Crippen molar-refractivity contribution in [2.24, 2.45) is 0 Å². The van der Waals surface area contributed by atoms with Crippen LogP contribution in [0.3, 0.4) is 0 Å². The van der Waals surface area contributed by atoms with Gasteiger partial charge in [0.1, 0.15) is 0 Å². The molecule has 0 saturated carbocycles. The molecule has 70 valence electrons. The second-order valence-electron chi connectivity index (χ2n) is 2.20. The zero-order valence-corrected chi connectivity index (χ0v) is 8.22. The Labute approximate surface area is 79.7 Å². The van der Waals surface area contributed by atoms with Gasteiger partial charge in [-0.15, -0.1) is 11.6 Å². The standard InChI is InChI=1S/C6H6.C4H9Cl.H2O/c1-2-4-6-5-3-1;1-2-3-4-5;/h1-6H;2-4H2,1H3;1H2. The van der Waals surface area contributed by atoms with Crippen LogP contribution in [-0.4, -0.2) is 11.4 Å². The first-order valence-electron chi connectivity index (χ1n) is 3.97. The lowest BCUT2D eigenvalue weighted by Gasteiger charge is -1.77. The number of hydrogen-bond donors (Lipinski definition) is 0. The third-order valence-electron chi connectivity index (χ3n) is 1.15. The van der Waals surface area contributed by atoms with E-state index in [0.29, 0.717) is 0 Å². The molecule has 0 fully saturated rings. The van der Waals surface area contributed by atoms with Gasteiger partial charge in [0.15, 0.2) is 0 Å². The van der Waals surface area contributed by atoms with Crippen LogP contribution >= 0.6 is 11.6 Å². The van der Waals surface area contributed by atoms with Gasteiger partial charge in [-0.25, -0.2) is 0 Å². The zero-order valence-electron chi connectivity index (χ0n) is 7.46. The largest absolute Gasteiger partial charge is 0.412 e. The Kier molecular flexibility index (Phi) is 15.3. The van der Waals surface area contributed by atoms with E-state index in [1.165, 1.54) is 6.42 Å². The normalized spacial score (nSPS) is 7.50. The summed E-state index contributed by atoms with van der Waals surface area (Å²) in [6.45, 7) is 2.13. The first kappa shape index (κ1) is 14.0. The number of alkyl halides is 1. The maximum absolute atomic E-state index is 5.30. The molecule has 0 unspecified atom stereocenters. The average Bonchev–Trinajstić information content (AvgIpc) is 2.10. The highest BCUT2D eigenvalue weighted by Gasteiger charge is 1.70. The van der Waals surface area contributed by atoms with Gasteiger partial charge in [0.25, 0.3) is 0 Å². The molecule has 12 heavy (non-hydrogen) atoms. The first-order chi connectivity index (χ1) is 5.41. The molecule has 0 bridgehead atoms. The number of benzene rings is 1. The molecule has 0 aliphatic carbocycles. The van der Waals surface area contributed by atoms with Crippen LogP contribution in [0.15, 0.2) is 36.4 Å². The fourth-order valence-electron chi connectivity index (χ4n) is 0.519. The van der Waals surface area contributed by atoms with Gasteiger partial charge < -0.3 is 5.48 Å². The smallest absolute Gasteiger partial charge is 0.0223 e. The Hall–Kier alpha value is -0.530. The Morgan fingerprint density at radius 1 is 0.917 bits per heavy atom. The molecular formula is C10H17ClO. The molecule has 1 rings (SSSR count). The van der Waals surface area contributed by atoms with E-state index in [1.807, 2.05) is 36.4 Å². The van der Waals surface area contributed by atoms with Crippen LogP contribution < -0.4 is 0 Å². The van der Waals surface area contributed by atoms with E-state index in [2.05, 4.69) is 6.92 Å². The second-order valence-corrected chi connectivity index (χ2v) is 2.58. The van der Waals surface area contributed by atoms with Crippen LogP contribution in [0.4, 0.5) is 0 Å². The highest BCUT2D eigenvalue weighted by Crippen LogP contribution is 1.86. The Bertz CT molecular complexity index is 113. The van der Waals surface area contributed by atoms with E-state index in [4.69, 9.17) is 11.6 Å². The molecule has 1 aromatic rings. The summed E-state index contributed by atoms with van der Waals surface area (Å²) >= 11 is 5.30. The van der Waals surface area contributed by atoms with Crippen LogP contribution in [-0.2, 0) is 0 Å². The molecule has 0 aromatic heterocycles. The second kappa shape index (κ2) is 13.1. The summed E-state index contributed by atoms with van der Waals surface area (Å²) in [4.78, 5) is 0. The van der Waals surface area contributed by atoms with Crippen LogP contribution in [0.25, 0.3) is 0 Å².